The molecule has 13 heavy (non-hydrogen) atoms. The average Bonchev–Trinajstić information content (AvgIpc) is 2.06. The number of thiocarbonyl (C=S) groups is 1. The molecular weight excluding hydrogens is 227 g/mol. The zero-order valence-electron chi connectivity index (χ0n) is 6.91. The Balaban J connectivity index is 0.00000144. The van der Waals surface area contributed by atoms with Crippen molar-refractivity contribution in [2.75, 3.05) is 0 Å². The molecule has 3 N–H and O–H groups in total. The van der Waals surface area contributed by atoms with Crippen molar-refractivity contribution in [3.8, 4) is 0 Å². The van der Waals surface area contributed by atoms with Gasteiger partial charge in [0.15, 0.2) is 0 Å². The molecule has 0 saturated carbocycles. The zero-order valence-corrected chi connectivity index (χ0v) is 9.24. The first-order chi connectivity index (χ1) is 5.70. The number of quaternary nitrogens is 1. The molecule has 0 radical (unpaired) electrons. The first-order valence-electron chi connectivity index (χ1n) is 3.53. The maximum absolute atomic E-state index is 5.78. The van der Waals surface area contributed by atoms with Gasteiger partial charge in [0.2, 0.25) is 0 Å². The Morgan fingerprint density at radius 3 is 2.38 bits per heavy atom. The molecule has 0 aliphatic heterocycles. The lowest BCUT2D eigenvalue weighted by atomic mass is 10.2. The van der Waals surface area contributed by atoms with Gasteiger partial charge in [0, 0.05) is 24.0 Å². The second-order valence-corrected chi connectivity index (χ2v) is 3.28. The van der Waals surface area contributed by atoms with Crippen LogP contribution in [0.25, 0.3) is 0 Å². The molecule has 0 aromatic heterocycles. The summed E-state index contributed by atoms with van der Waals surface area (Å²) in [5.41, 5.74) is 4.68. The summed E-state index contributed by atoms with van der Waals surface area (Å²) >= 11 is 10.6. The number of benzene rings is 1. The summed E-state index contributed by atoms with van der Waals surface area (Å²) in [5.74, 6) is 0. The standard InChI is InChI=1S/C8H9ClN2S.ClH/c9-11(8(10)12)6-7-4-2-1-3-5-7;/h1-5H,6H2,(H2,10,12);1H. The van der Waals surface area contributed by atoms with Gasteiger partial charge in [-0.2, -0.15) is 0 Å². The summed E-state index contributed by atoms with van der Waals surface area (Å²) in [6.07, 6.45) is 0. The largest absolute Gasteiger partial charge is 1.00 e. The van der Waals surface area contributed by atoms with Crippen LogP contribution in [0.15, 0.2) is 30.3 Å². The van der Waals surface area contributed by atoms with E-state index in [2.05, 4.69) is 5.73 Å². The third-order valence-electron chi connectivity index (χ3n) is 1.43. The zero-order chi connectivity index (χ0) is 8.97. The van der Waals surface area contributed by atoms with Crippen LogP contribution in [0.3, 0.4) is 0 Å². The van der Waals surface area contributed by atoms with Crippen molar-refractivity contribution in [1.29, 1.82) is 0 Å². The van der Waals surface area contributed by atoms with Gasteiger partial charge in [0.25, 0.3) is 5.11 Å². The van der Waals surface area contributed by atoms with Crippen molar-refractivity contribution in [1.82, 2.24) is 4.42 Å². The van der Waals surface area contributed by atoms with Gasteiger partial charge in [0.05, 0.1) is 6.54 Å². The van der Waals surface area contributed by atoms with Crippen LogP contribution in [0.1, 0.15) is 5.56 Å². The molecule has 0 aliphatic carbocycles. The summed E-state index contributed by atoms with van der Waals surface area (Å²) in [4.78, 5) is 0. The molecular formula is C8H10Cl2N2S. The molecule has 0 fully saturated rings. The molecule has 0 aliphatic rings. The van der Waals surface area contributed by atoms with E-state index in [1.807, 2.05) is 30.3 Å². The van der Waals surface area contributed by atoms with Gasteiger partial charge in [-0.15, -0.1) is 0 Å². The minimum absolute atomic E-state index is 0. The molecule has 0 saturated heterocycles. The SMILES string of the molecule is [Cl-].[NH3+]C(=S)N(Cl)Cc1ccccc1. The normalized spacial score (nSPS) is 8.77. The Labute approximate surface area is 94.2 Å². The smallest absolute Gasteiger partial charge is 0.282 e. The first-order valence-corrected chi connectivity index (χ1v) is 4.28. The molecule has 2 nitrogen and oxygen atoms in total. The monoisotopic (exact) mass is 236 g/mol. The Hall–Kier alpha value is -0.350. The van der Waals surface area contributed by atoms with Crippen LogP contribution in [-0.2, 0) is 6.54 Å². The van der Waals surface area contributed by atoms with Gasteiger partial charge in [-0.25, -0.2) is 4.42 Å². The van der Waals surface area contributed by atoms with Gasteiger partial charge in [-0.1, -0.05) is 30.3 Å². The number of hydrogen-bond acceptors (Lipinski definition) is 1. The van der Waals surface area contributed by atoms with Crippen molar-refractivity contribution in [3.63, 3.8) is 0 Å². The maximum Gasteiger partial charge on any atom is 0.282 e. The van der Waals surface area contributed by atoms with Crippen LogP contribution < -0.4 is 18.1 Å². The number of hydrogen-bond donors (Lipinski definition) is 1. The Bertz CT molecular complexity index is 266. The van der Waals surface area contributed by atoms with E-state index in [9.17, 15) is 0 Å². The predicted octanol–water partition coefficient (Wildman–Crippen LogP) is -1.83. The third-order valence-corrected chi connectivity index (χ3v) is 2.08. The van der Waals surface area contributed by atoms with Crippen molar-refractivity contribution in [3.05, 3.63) is 35.9 Å². The number of rotatable bonds is 2. The van der Waals surface area contributed by atoms with E-state index >= 15 is 0 Å². The lowest BCUT2D eigenvalue weighted by Crippen LogP contribution is -3.00. The summed E-state index contributed by atoms with van der Waals surface area (Å²) < 4.78 is 1.42. The van der Waals surface area contributed by atoms with Crippen LogP contribution >= 0.6 is 24.0 Å². The molecule has 0 heterocycles. The Morgan fingerprint density at radius 1 is 1.38 bits per heavy atom. The maximum atomic E-state index is 5.78. The van der Waals surface area contributed by atoms with Crippen molar-refractivity contribution in [2.24, 2.45) is 0 Å². The molecule has 0 unspecified atom stereocenters. The second kappa shape index (κ2) is 6.16. The van der Waals surface area contributed by atoms with E-state index in [1.54, 1.807) is 0 Å². The topological polar surface area (TPSA) is 30.9 Å². The van der Waals surface area contributed by atoms with E-state index < -0.39 is 0 Å². The van der Waals surface area contributed by atoms with Crippen LogP contribution in [0, 0.1) is 0 Å². The third kappa shape index (κ3) is 4.43. The van der Waals surface area contributed by atoms with Gasteiger partial charge in [0.1, 0.15) is 0 Å². The molecule has 1 rings (SSSR count). The first kappa shape index (κ1) is 12.7. The molecule has 0 atom stereocenters. The molecule has 1 aromatic rings. The molecule has 5 heteroatoms. The highest BCUT2D eigenvalue weighted by molar-refractivity contribution is 7.79. The average molecular weight is 237 g/mol. The van der Waals surface area contributed by atoms with Gasteiger partial charge < -0.3 is 12.4 Å². The predicted molar refractivity (Wildman–Crippen MR) is 53.3 cm³/mol. The van der Waals surface area contributed by atoms with E-state index in [1.165, 1.54) is 4.42 Å². The fraction of sp³-hybridized carbons (Fsp3) is 0.125. The van der Waals surface area contributed by atoms with E-state index in [4.69, 9.17) is 24.0 Å². The molecule has 0 amide bonds. The van der Waals surface area contributed by atoms with E-state index in [-0.39, 0.29) is 12.4 Å². The van der Waals surface area contributed by atoms with E-state index in [0.29, 0.717) is 11.7 Å². The fourth-order valence-corrected chi connectivity index (χ4v) is 1.03. The molecule has 0 bridgehead atoms. The van der Waals surface area contributed by atoms with Gasteiger partial charge >= 0.3 is 0 Å². The quantitative estimate of drug-likeness (QED) is 0.484. The minimum atomic E-state index is 0. The molecule has 1 aromatic carbocycles. The summed E-state index contributed by atoms with van der Waals surface area (Å²) in [6.45, 7) is 0.602. The summed E-state index contributed by atoms with van der Waals surface area (Å²) in [5, 5.41) is 0.445. The van der Waals surface area contributed by atoms with Crippen LogP contribution in [0.2, 0.25) is 0 Å². The fourth-order valence-electron chi connectivity index (χ4n) is 0.832. The summed E-state index contributed by atoms with van der Waals surface area (Å²) in [7, 11) is 0. The highest BCUT2D eigenvalue weighted by Gasteiger charge is 2.05. The van der Waals surface area contributed by atoms with Gasteiger partial charge in [-0.05, 0) is 5.56 Å². The number of halogens is 2. The van der Waals surface area contributed by atoms with Crippen molar-refractivity contribution < 1.29 is 18.1 Å². The van der Waals surface area contributed by atoms with Crippen LogP contribution in [-0.4, -0.2) is 9.53 Å². The highest BCUT2D eigenvalue weighted by Crippen LogP contribution is 2.05. The van der Waals surface area contributed by atoms with Crippen LogP contribution in [0.5, 0.6) is 0 Å². The number of nitrogens with zero attached hydrogens (tertiary/aromatic N) is 1. The lowest BCUT2D eigenvalue weighted by molar-refractivity contribution is -0.222. The Morgan fingerprint density at radius 2 is 1.92 bits per heavy atom. The molecule has 72 valence electrons. The van der Waals surface area contributed by atoms with Gasteiger partial charge in [-0.3, -0.25) is 5.73 Å². The van der Waals surface area contributed by atoms with Crippen molar-refractivity contribution in [2.45, 2.75) is 6.54 Å². The Kier molecular flexibility index (Phi) is 5.99. The van der Waals surface area contributed by atoms with Crippen molar-refractivity contribution >= 4 is 29.1 Å². The second-order valence-electron chi connectivity index (χ2n) is 2.40. The minimum Gasteiger partial charge on any atom is -1.00 e. The van der Waals surface area contributed by atoms with Crippen LogP contribution in [0.4, 0.5) is 0 Å². The highest BCUT2D eigenvalue weighted by atomic mass is 35.5. The van der Waals surface area contributed by atoms with E-state index in [0.717, 1.165) is 5.56 Å². The summed E-state index contributed by atoms with van der Waals surface area (Å²) in [6, 6.07) is 9.88. The lowest BCUT2D eigenvalue weighted by Gasteiger charge is -2.09. The molecule has 0 spiro atoms.